The zero-order valence-corrected chi connectivity index (χ0v) is 36.1. The Balaban J connectivity index is 0. The monoisotopic (exact) mass is 390 g/mol. The van der Waals surface area contributed by atoms with Gasteiger partial charge in [0.2, 0.25) is 0 Å². The molecule has 15 heavy (non-hydrogen) atoms. The van der Waals surface area contributed by atoms with E-state index in [-0.39, 0.29) is 363 Å². The fraction of sp³-hybridized carbons (Fsp3) is 0. The molecule has 0 spiro atoms. The second-order valence-electron chi connectivity index (χ2n) is 0. The minimum atomic E-state index is 0. The first-order valence-corrected chi connectivity index (χ1v) is 0. The van der Waals surface area contributed by atoms with Gasteiger partial charge in [0.1, 0.15) is 0 Å². The van der Waals surface area contributed by atoms with Gasteiger partial charge in [-0.3, -0.25) is 0 Å². The van der Waals surface area contributed by atoms with Crippen molar-refractivity contribution < 1.29 is 296 Å². The summed E-state index contributed by atoms with van der Waals surface area (Å²) < 4.78 is 0. The van der Waals surface area contributed by atoms with E-state index in [0.717, 1.165) is 0 Å². The summed E-state index contributed by atoms with van der Waals surface area (Å²) in [5, 5.41) is 0. The average Bonchev–Trinajstić information content (AvgIpc) is 0. The first kappa shape index (κ1) is 128. The topological polar surface area (TPSA) is 0 Å². The van der Waals surface area contributed by atoms with Crippen LogP contribution in [0.15, 0.2) is 0 Å². The predicted octanol–water partition coefficient (Wildman–Crippen LogP) is -30.0. The van der Waals surface area contributed by atoms with Crippen molar-refractivity contribution in [3.8, 4) is 0 Å². The van der Waals surface area contributed by atoms with E-state index in [0.29, 0.717) is 0 Å². The fourth-order valence-electron chi connectivity index (χ4n) is 0. The van der Waals surface area contributed by atoms with Crippen LogP contribution in [0.3, 0.4) is 0 Å². The van der Waals surface area contributed by atoms with E-state index in [1.165, 1.54) is 0 Å². The van der Waals surface area contributed by atoms with Crippen molar-refractivity contribution in [2.24, 2.45) is 0 Å². The smallest absolute Gasteiger partial charge is 1.00 e. The summed E-state index contributed by atoms with van der Waals surface area (Å²) in [6, 6.07) is 0. The van der Waals surface area contributed by atoms with Gasteiger partial charge in [-0.2, -0.15) is 0 Å². The first-order valence-electron chi connectivity index (χ1n) is 0. The molecular weight excluding hydrogens is 390 g/mol. The first-order chi connectivity index (χ1) is 0. The van der Waals surface area contributed by atoms with E-state index in [2.05, 4.69) is 0 Å². The van der Waals surface area contributed by atoms with Crippen LogP contribution in [-0.4, -0.2) is 0 Å². The second-order valence-corrected chi connectivity index (χ2v) is 0. The van der Waals surface area contributed by atoms with Crippen LogP contribution in [0.4, 0.5) is 0 Å². The maximum Gasteiger partial charge on any atom is 1.00 e. The molecular formula is Na10S5. The van der Waals surface area contributed by atoms with E-state index in [9.17, 15) is 0 Å². The Morgan fingerprint density at radius 1 is 0.133 bits per heavy atom. The van der Waals surface area contributed by atoms with Crippen LogP contribution >= 0.6 is 0 Å². The summed E-state index contributed by atoms with van der Waals surface area (Å²) in [4.78, 5) is 0. The van der Waals surface area contributed by atoms with Crippen LogP contribution in [0.1, 0.15) is 0 Å². The minimum absolute atomic E-state index is 0. The van der Waals surface area contributed by atoms with E-state index in [1.54, 1.807) is 0 Å². The molecule has 0 aliphatic rings. The molecule has 0 amide bonds. The molecule has 15 heteroatoms. The van der Waals surface area contributed by atoms with Gasteiger partial charge in [-0.1, -0.05) is 0 Å². The molecule has 40 valence electrons. The molecule has 0 nitrogen and oxygen atoms in total. The number of rotatable bonds is 0. The largest absolute Gasteiger partial charge is 2.00 e. The van der Waals surface area contributed by atoms with Crippen LogP contribution in [0.5, 0.6) is 0 Å². The Labute approximate surface area is 351 Å². The van der Waals surface area contributed by atoms with Crippen LogP contribution in [0.25, 0.3) is 0 Å². The van der Waals surface area contributed by atoms with E-state index in [4.69, 9.17) is 0 Å². The maximum absolute atomic E-state index is 0. The van der Waals surface area contributed by atoms with E-state index in [1.807, 2.05) is 0 Å². The normalized spacial score (nSPS) is 0. The molecule has 0 aliphatic carbocycles. The summed E-state index contributed by atoms with van der Waals surface area (Å²) in [6.07, 6.45) is 0. The molecule has 0 saturated heterocycles. The molecule has 0 aromatic heterocycles. The van der Waals surface area contributed by atoms with Crippen LogP contribution in [-0.2, 0) is 67.5 Å². The molecule has 0 atom stereocenters. The van der Waals surface area contributed by atoms with Gasteiger partial charge >= 0.3 is 296 Å². The molecule has 0 saturated carbocycles. The third-order valence-corrected chi connectivity index (χ3v) is 0. The SMILES string of the molecule is [Na+].[Na+].[Na+].[Na+].[Na+].[Na+].[Na+].[Na+].[Na+].[Na+].[S-2].[S-2].[S-2].[S-2].[S-2]. The Morgan fingerprint density at radius 2 is 0.133 bits per heavy atom. The second kappa shape index (κ2) is 114. The molecule has 0 rings (SSSR count). The zero-order valence-electron chi connectivity index (χ0n) is 12.0. The molecule has 0 aromatic rings. The van der Waals surface area contributed by atoms with E-state index < -0.39 is 0 Å². The van der Waals surface area contributed by atoms with Crippen molar-refractivity contribution in [3.63, 3.8) is 0 Å². The molecule has 0 radical (unpaired) electrons. The van der Waals surface area contributed by atoms with Crippen molar-refractivity contribution >= 4 is 67.5 Å². The summed E-state index contributed by atoms with van der Waals surface area (Å²) in [5.74, 6) is 0. The maximum atomic E-state index is 0. The van der Waals surface area contributed by atoms with Crippen molar-refractivity contribution in [2.75, 3.05) is 0 Å². The van der Waals surface area contributed by atoms with Crippen molar-refractivity contribution in [3.05, 3.63) is 0 Å². The van der Waals surface area contributed by atoms with Gasteiger partial charge in [0.05, 0.1) is 0 Å². The summed E-state index contributed by atoms with van der Waals surface area (Å²) in [7, 11) is 0. The Morgan fingerprint density at radius 3 is 0.133 bits per heavy atom. The predicted molar refractivity (Wildman–Crippen MR) is 36.8 cm³/mol. The van der Waals surface area contributed by atoms with Gasteiger partial charge in [0.25, 0.3) is 0 Å². The van der Waals surface area contributed by atoms with Gasteiger partial charge < -0.3 is 67.5 Å². The molecule has 0 aromatic carbocycles. The molecule has 0 aliphatic heterocycles. The Bertz CT molecular complexity index is 13.8. The summed E-state index contributed by atoms with van der Waals surface area (Å²) in [6.45, 7) is 0. The Hall–Kier alpha value is 11.7. The minimum Gasteiger partial charge on any atom is -2.00 e. The molecule has 0 unspecified atom stereocenters. The van der Waals surface area contributed by atoms with Crippen molar-refractivity contribution in [1.82, 2.24) is 0 Å². The van der Waals surface area contributed by atoms with Gasteiger partial charge in [0.15, 0.2) is 0 Å². The summed E-state index contributed by atoms with van der Waals surface area (Å²) in [5.41, 5.74) is 0. The number of hydrogen-bond donors (Lipinski definition) is 0. The average molecular weight is 390 g/mol. The molecule has 0 N–H and O–H groups in total. The van der Waals surface area contributed by atoms with Gasteiger partial charge in [-0.15, -0.1) is 0 Å². The fourth-order valence-corrected chi connectivity index (χ4v) is 0. The molecule has 0 fully saturated rings. The summed E-state index contributed by atoms with van der Waals surface area (Å²) >= 11 is 0. The zero-order chi connectivity index (χ0) is 0. The van der Waals surface area contributed by atoms with Crippen LogP contribution in [0, 0.1) is 0 Å². The van der Waals surface area contributed by atoms with Crippen LogP contribution < -0.4 is 296 Å². The Kier molecular flexibility index (Phi) is 979. The standard InChI is InChI=1S/10Na.5S/q10*+1;5*-2. The molecule has 0 heterocycles. The van der Waals surface area contributed by atoms with Crippen LogP contribution in [0.2, 0.25) is 0 Å². The third-order valence-electron chi connectivity index (χ3n) is 0. The van der Waals surface area contributed by atoms with Gasteiger partial charge in [0, 0.05) is 0 Å². The quantitative estimate of drug-likeness (QED) is 0.361. The van der Waals surface area contributed by atoms with E-state index >= 15 is 0 Å². The number of hydrogen-bond acceptors (Lipinski definition) is 0. The van der Waals surface area contributed by atoms with Crippen molar-refractivity contribution in [2.45, 2.75) is 0 Å². The van der Waals surface area contributed by atoms with Gasteiger partial charge in [-0.25, -0.2) is 0 Å². The van der Waals surface area contributed by atoms with Crippen molar-refractivity contribution in [1.29, 1.82) is 0 Å². The third kappa shape index (κ3) is 105. The molecule has 0 bridgehead atoms. The van der Waals surface area contributed by atoms with Gasteiger partial charge in [-0.05, 0) is 0 Å².